The zero-order chi connectivity index (χ0) is 15.0. The molecule has 0 atom stereocenters. The monoisotopic (exact) mass is 438 g/mol. The Morgan fingerprint density at radius 3 is 2.48 bits per heavy atom. The van der Waals surface area contributed by atoms with Gasteiger partial charge in [-0.1, -0.05) is 43.0 Å². The van der Waals surface area contributed by atoms with Crippen molar-refractivity contribution in [3.8, 4) is 11.1 Å². The van der Waals surface area contributed by atoms with Crippen LogP contribution in [0.4, 0.5) is 0 Å². The molecule has 2 heterocycles. The summed E-state index contributed by atoms with van der Waals surface area (Å²) in [6, 6.07) is 8.52. The minimum Gasteiger partial charge on any atom is -0.128 e. The maximum absolute atomic E-state index is 3.94. The molecule has 0 spiro atoms. The average Bonchev–Trinajstić information content (AvgIpc) is 2.96. The summed E-state index contributed by atoms with van der Waals surface area (Å²) in [6.45, 7) is 5.99. The first kappa shape index (κ1) is 15.2. The molecule has 0 fully saturated rings. The molecule has 2 aromatic heterocycles. The van der Waals surface area contributed by atoms with Crippen LogP contribution in [-0.2, 0) is 0 Å². The quantitative estimate of drug-likeness (QED) is 0.389. The van der Waals surface area contributed by atoms with Crippen LogP contribution in [0.3, 0.4) is 0 Å². The minimum absolute atomic E-state index is 1.15. The molecular formula is C17H12Br2S2. The van der Waals surface area contributed by atoms with Gasteiger partial charge in [0.2, 0.25) is 0 Å². The molecule has 0 aliphatic carbocycles. The molecule has 1 aromatic carbocycles. The van der Waals surface area contributed by atoms with Crippen LogP contribution in [0, 0.1) is 0 Å². The van der Waals surface area contributed by atoms with Crippen LogP contribution in [0.2, 0.25) is 0 Å². The van der Waals surface area contributed by atoms with Gasteiger partial charge in [-0.25, -0.2) is 0 Å². The lowest BCUT2D eigenvalue weighted by molar-refractivity contribution is 1.70. The number of benzene rings is 1. The fourth-order valence-electron chi connectivity index (χ4n) is 2.40. The molecule has 0 amide bonds. The minimum atomic E-state index is 1.15. The number of thiophene rings is 2. The Kier molecular flexibility index (Phi) is 4.50. The second-order valence-corrected chi connectivity index (χ2v) is 9.22. The molecule has 106 valence electrons. The topological polar surface area (TPSA) is 0 Å². The van der Waals surface area contributed by atoms with Crippen LogP contribution in [0.1, 0.15) is 17.4 Å². The highest BCUT2D eigenvalue weighted by molar-refractivity contribution is 9.11. The van der Waals surface area contributed by atoms with E-state index in [0.717, 1.165) is 3.79 Å². The normalized spacial score (nSPS) is 11.6. The lowest BCUT2D eigenvalue weighted by atomic mass is 10.0. The second kappa shape index (κ2) is 6.21. The van der Waals surface area contributed by atoms with E-state index in [1.54, 1.807) is 22.7 Å². The van der Waals surface area contributed by atoms with Gasteiger partial charge in [-0.05, 0) is 44.8 Å². The zero-order valence-corrected chi connectivity index (χ0v) is 16.1. The SMILES string of the molecule is C=Cc1sc(Br)c(-c2c(Br)sc3ccccc23)c1/C=C\C. The van der Waals surface area contributed by atoms with Crippen molar-refractivity contribution in [3.63, 3.8) is 0 Å². The summed E-state index contributed by atoms with van der Waals surface area (Å²) in [4.78, 5) is 1.19. The Morgan fingerprint density at radius 1 is 1.05 bits per heavy atom. The Balaban J connectivity index is 2.40. The van der Waals surface area contributed by atoms with Gasteiger partial charge >= 0.3 is 0 Å². The van der Waals surface area contributed by atoms with Crippen molar-refractivity contribution in [1.29, 1.82) is 0 Å². The second-order valence-electron chi connectivity index (χ2n) is 4.48. The highest BCUT2D eigenvalue weighted by Crippen LogP contribution is 2.49. The Bertz CT molecular complexity index is 853. The van der Waals surface area contributed by atoms with Gasteiger partial charge < -0.3 is 0 Å². The third-order valence-corrected chi connectivity index (χ3v) is 6.97. The van der Waals surface area contributed by atoms with Gasteiger partial charge in [0.15, 0.2) is 0 Å². The van der Waals surface area contributed by atoms with Crippen LogP contribution in [-0.4, -0.2) is 0 Å². The fraction of sp³-hybridized carbons (Fsp3) is 0.0588. The van der Waals surface area contributed by atoms with Gasteiger partial charge in [0.05, 0.1) is 7.57 Å². The molecule has 3 rings (SSSR count). The number of hydrogen-bond donors (Lipinski definition) is 0. The average molecular weight is 440 g/mol. The maximum atomic E-state index is 3.94. The Labute approximate surface area is 149 Å². The number of halogens is 2. The summed E-state index contributed by atoms with van der Waals surface area (Å²) in [5, 5.41) is 1.29. The molecule has 0 bridgehead atoms. The Morgan fingerprint density at radius 2 is 1.76 bits per heavy atom. The Hall–Kier alpha value is -0.680. The lowest BCUT2D eigenvalue weighted by Gasteiger charge is -2.03. The van der Waals surface area contributed by atoms with Crippen molar-refractivity contribution >= 4 is 76.8 Å². The number of fused-ring (bicyclic) bond motifs is 1. The molecule has 0 radical (unpaired) electrons. The number of hydrogen-bond acceptors (Lipinski definition) is 2. The zero-order valence-electron chi connectivity index (χ0n) is 11.3. The highest BCUT2D eigenvalue weighted by Gasteiger charge is 2.20. The summed E-state index contributed by atoms with van der Waals surface area (Å²) >= 11 is 11.0. The molecule has 0 saturated carbocycles. The van der Waals surface area contributed by atoms with Crippen molar-refractivity contribution in [3.05, 3.63) is 54.9 Å². The van der Waals surface area contributed by atoms with E-state index in [-0.39, 0.29) is 0 Å². The number of rotatable bonds is 3. The summed E-state index contributed by atoms with van der Waals surface area (Å²) < 4.78 is 3.61. The van der Waals surface area contributed by atoms with Gasteiger partial charge in [-0.3, -0.25) is 0 Å². The van der Waals surface area contributed by atoms with Gasteiger partial charge in [-0.2, -0.15) is 0 Å². The maximum Gasteiger partial charge on any atom is 0.0790 e. The van der Waals surface area contributed by atoms with E-state index >= 15 is 0 Å². The van der Waals surface area contributed by atoms with Crippen molar-refractivity contribution in [2.75, 3.05) is 0 Å². The van der Waals surface area contributed by atoms with E-state index in [0.29, 0.717) is 0 Å². The predicted octanol–water partition coefficient (Wildman–Crippen LogP) is 7.83. The van der Waals surface area contributed by atoms with E-state index in [1.165, 1.54) is 35.4 Å². The summed E-state index contributed by atoms with van der Waals surface area (Å²) in [5.74, 6) is 0. The molecule has 21 heavy (non-hydrogen) atoms. The first-order valence-electron chi connectivity index (χ1n) is 6.42. The molecule has 0 unspecified atom stereocenters. The predicted molar refractivity (Wildman–Crippen MR) is 105 cm³/mol. The van der Waals surface area contributed by atoms with E-state index in [4.69, 9.17) is 0 Å². The van der Waals surface area contributed by atoms with Crippen LogP contribution >= 0.6 is 54.5 Å². The fourth-order valence-corrected chi connectivity index (χ4v) is 6.07. The molecule has 0 nitrogen and oxygen atoms in total. The smallest absolute Gasteiger partial charge is 0.0790 e. The third-order valence-electron chi connectivity index (χ3n) is 3.25. The van der Waals surface area contributed by atoms with Crippen molar-refractivity contribution in [2.45, 2.75) is 6.92 Å². The standard InChI is InChI=1S/C17H12Br2S2/c1-3-7-10-12(4-2)20-16(18)14(10)15-11-8-5-6-9-13(11)21-17(15)19/h3-9H,2H2,1H3/b7-3-. The van der Waals surface area contributed by atoms with Crippen LogP contribution in [0.15, 0.2) is 44.5 Å². The van der Waals surface area contributed by atoms with E-state index in [1.807, 2.05) is 13.0 Å². The molecule has 4 heteroatoms. The van der Waals surface area contributed by atoms with Crippen molar-refractivity contribution in [2.24, 2.45) is 0 Å². The molecule has 0 aliphatic heterocycles. The van der Waals surface area contributed by atoms with E-state index in [9.17, 15) is 0 Å². The molecular weight excluding hydrogens is 428 g/mol. The van der Waals surface area contributed by atoms with Crippen LogP contribution in [0.5, 0.6) is 0 Å². The van der Waals surface area contributed by atoms with Crippen LogP contribution in [0.25, 0.3) is 33.4 Å². The summed E-state index contributed by atoms with van der Waals surface area (Å²) in [7, 11) is 0. The largest absolute Gasteiger partial charge is 0.128 e. The molecule has 0 saturated heterocycles. The van der Waals surface area contributed by atoms with Gasteiger partial charge in [0.1, 0.15) is 0 Å². The summed E-state index contributed by atoms with van der Waals surface area (Å²) in [6.07, 6.45) is 6.16. The highest BCUT2D eigenvalue weighted by atomic mass is 79.9. The van der Waals surface area contributed by atoms with Crippen LogP contribution < -0.4 is 0 Å². The summed E-state index contributed by atoms with van der Waals surface area (Å²) in [5.41, 5.74) is 3.74. The van der Waals surface area contributed by atoms with Crippen molar-refractivity contribution < 1.29 is 0 Å². The number of allylic oxidation sites excluding steroid dienone is 1. The molecule has 0 N–H and O–H groups in total. The van der Waals surface area contributed by atoms with Gasteiger partial charge in [0.25, 0.3) is 0 Å². The first-order chi connectivity index (χ1) is 10.2. The third kappa shape index (κ3) is 2.59. The van der Waals surface area contributed by atoms with E-state index < -0.39 is 0 Å². The van der Waals surface area contributed by atoms with Gasteiger partial charge in [-0.15, -0.1) is 22.7 Å². The lowest BCUT2D eigenvalue weighted by Crippen LogP contribution is -1.80. The molecule has 3 aromatic rings. The first-order valence-corrected chi connectivity index (χ1v) is 9.64. The van der Waals surface area contributed by atoms with Crippen molar-refractivity contribution in [1.82, 2.24) is 0 Å². The van der Waals surface area contributed by atoms with E-state index in [2.05, 4.69) is 74.9 Å². The van der Waals surface area contributed by atoms with Gasteiger partial charge in [0, 0.05) is 31.7 Å². The molecule has 0 aliphatic rings.